The molecule has 1 aromatic heterocycles. The van der Waals surface area contributed by atoms with Gasteiger partial charge in [-0.1, -0.05) is 0 Å². The van der Waals surface area contributed by atoms with Gasteiger partial charge in [0.2, 0.25) is 5.75 Å². The third kappa shape index (κ3) is 6.78. The first-order valence-electron chi connectivity index (χ1n) is 7.38. The Kier molecular flexibility index (Phi) is 6.90. The standard InChI is InChI=1S/C15H23N3O6/c1-10(16-14(19)24-15(2,3)4)8-23-9-11-6-7-12(22-5)13(17-11)18(20)21/h6-7,10H,8-9H2,1-5H3,(H,16,19). The maximum absolute atomic E-state index is 11.6. The molecular formula is C15H23N3O6. The molecule has 0 radical (unpaired) electrons. The molecule has 0 aliphatic carbocycles. The summed E-state index contributed by atoms with van der Waals surface area (Å²) in [4.78, 5) is 25.8. The lowest BCUT2D eigenvalue weighted by molar-refractivity contribution is -0.390. The molecule has 24 heavy (non-hydrogen) atoms. The fourth-order valence-electron chi connectivity index (χ4n) is 1.74. The molecule has 1 amide bonds. The molecular weight excluding hydrogens is 318 g/mol. The molecule has 9 heteroatoms. The van der Waals surface area contributed by atoms with E-state index in [1.165, 1.54) is 13.2 Å². The highest BCUT2D eigenvalue weighted by Gasteiger charge is 2.19. The van der Waals surface area contributed by atoms with Gasteiger partial charge in [0.15, 0.2) is 5.69 Å². The van der Waals surface area contributed by atoms with Crippen molar-refractivity contribution in [3.8, 4) is 5.75 Å². The van der Waals surface area contributed by atoms with Gasteiger partial charge in [0.05, 0.1) is 19.8 Å². The lowest BCUT2D eigenvalue weighted by Crippen LogP contribution is -2.39. The predicted molar refractivity (Wildman–Crippen MR) is 85.9 cm³/mol. The van der Waals surface area contributed by atoms with Crippen molar-refractivity contribution >= 4 is 11.9 Å². The minimum Gasteiger partial charge on any atom is -0.489 e. The first-order chi connectivity index (χ1) is 11.1. The molecule has 0 aromatic carbocycles. The highest BCUT2D eigenvalue weighted by molar-refractivity contribution is 5.68. The molecule has 0 aliphatic rings. The topological polar surface area (TPSA) is 113 Å². The second kappa shape index (κ2) is 8.44. The molecule has 134 valence electrons. The lowest BCUT2D eigenvalue weighted by atomic mass is 10.2. The summed E-state index contributed by atoms with van der Waals surface area (Å²) in [5.74, 6) is -0.276. The summed E-state index contributed by atoms with van der Waals surface area (Å²) < 4.78 is 15.4. The SMILES string of the molecule is COc1ccc(COCC(C)NC(=O)OC(C)(C)C)nc1[N+](=O)[O-]. The van der Waals surface area contributed by atoms with E-state index in [0.717, 1.165) is 0 Å². The highest BCUT2D eigenvalue weighted by atomic mass is 16.6. The van der Waals surface area contributed by atoms with Crippen LogP contribution in [-0.2, 0) is 16.1 Å². The predicted octanol–water partition coefficient (Wildman–Crippen LogP) is 2.43. The van der Waals surface area contributed by atoms with Crippen molar-refractivity contribution in [2.75, 3.05) is 13.7 Å². The average Bonchev–Trinajstić information content (AvgIpc) is 2.44. The van der Waals surface area contributed by atoms with Crippen molar-refractivity contribution in [3.63, 3.8) is 0 Å². The molecule has 9 nitrogen and oxygen atoms in total. The summed E-state index contributed by atoms with van der Waals surface area (Å²) in [6.45, 7) is 7.36. The van der Waals surface area contributed by atoms with Crippen LogP contribution in [0.25, 0.3) is 0 Å². The second-order valence-corrected chi connectivity index (χ2v) is 6.15. The van der Waals surface area contributed by atoms with E-state index < -0.39 is 16.6 Å². The summed E-state index contributed by atoms with van der Waals surface area (Å²) in [5.41, 5.74) is -0.177. The number of hydrogen-bond donors (Lipinski definition) is 1. The van der Waals surface area contributed by atoms with Crippen LogP contribution < -0.4 is 10.1 Å². The Labute approximate surface area is 140 Å². The number of nitrogens with zero attached hydrogens (tertiary/aromatic N) is 2. The zero-order valence-electron chi connectivity index (χ0n) is 14.5. The number of ether oxygens (including phenoxy) is 3. The van der Waals surface area contributed by atoms with Gasteiger partial charge >= 0.3 is 11.9 Å². The maximum atomic E-state index is 11.6. The fraction of sp³-hybridized carbons (Fsp3) is 0.600. The number of rotatable bonds is 7. The molecule has 1 atom stereocenters. The van der Waals surface area contributed by atoms with Gasteiger partial charge in [-0.25, -0.2) is 4.79 Å². The van der Waals surface area contributed by atoms with Gasteiger partial charge in [0.1, 0.15) is 12.2 Å². The first kappa shape index (κ1) is 19.6. The highest BCUT2D eigenvalue weighted by Crippen LogP contribution is 2.24. The van der Waals surface area contributed by atoms with Gasteiger partial charge in [-0.2, -0.15) is 0 Å². The van der Waals surface area contributed by atoms with Crippen LogP contribution in [0.5, 0.6) is 5.75 Å². The zero-order valence-corrected chi connectivity index (χ0v) is 14.5. The largest absolute Gasteiger partial charge is 0.489 e. The smallest absolute Gasteiger partial charge is 0.407 e. The molecule has 0 fully saturated rings. The van der Waals surface area contributed by atoms with Crippen LogP contribution in [0.15, 0.2) is 12.1 Å². The van der Waals surface area contributed by atoms with Gasteiger partial charge in [0, 0.05) is 0 Å². The van der Waals surface area contributed by atoms with E-state index >= 15 is 0 Å². The number of amides is 1. The maximum Gasteiger partial charge on any atom is 0.407 e. The Morgan fingerprint density at radius 1 is 1.42 bits per heavy atom. The molecule has 1 N–H and O–H groups in total. The summed E-state index contributed by atoms with van der Waals surface area (Å²) >= 11 is 0. The summed E-state index contributed by atoms with van der Waals surface area (Å²) in [6, 6.07) is 2.76. The first-order valence-corrected chi connectivity index (χ1v) is 7.38. The Hall–Kier alpha value is -2.42. The fourth-order valence-corrected chi connectivity index (χ4v) is 1.74. The zero-order chi connectivity index (χ0) is 18.3. The van der Waals surface area contributed by atoms with Crippen molar-refractivity contribution in [1.29, 1.82) is 0 Å². The minimum atomic E-state index is -0.616. The molecule has 0 bridgehead atoms. The molecule has 0 saturated heterocycles. The molecule has 0 aliphatic heterocycles. The summed E-state index contributed by atoms with van der Waals surface area (Å²) in [7, 11) is 1.34. The Morgan fingerprint density at radius 2 is 2.08 bits per heavy atom. The monoisotopic (exact) mass is 341 g/mol. The number of carbonyl (C=O) groups is 1. The van der Waals surface area contributed by atoms with Crippen molar-refractivity contribution in [2.45, 2.75) is 45.9 Å². The second-order valence-electron chi connectivity index (χ2n) is 6.15. The lowest BCUT2D eigenvalue weighted by Gasteiger charge is -2.21. The van der Waals surface area contributed by atoms with E-state index in [1.54, 1.807) is 33.8 Å². The molecule has 0 spiro atoms. The van der Waals surface area contributed by atoms with Crippen molar-refractivity contribution < 1.29 is 23.9 Å². The van der Waals surface area contributed by atoms with E-state index in [4.69, 9.17) is 14.2 Å². The van der Waals surface area contributed by atoms with Crippen LogP contribution in [0, 0.1) is 10.1 Å². The molecule has 1 unspecified atom stereocenters. The van der Waals surface area contributed by atoms with Crippen LogP contribution in [0.1, 0.15) is 33.4 Å². The Bertz CT molecular complexity index is 585. The van der Waals surface area contributed by atoms with Gasteiger partial charge < -0.3 is 29.6 Å². The molecule has 1 heterocycles. The Morgan fingerprint density at radius 3 is 2.62 bits per heavy atom. The van der Waals surface area contributed by atoms with Crippen LogP contribution in [-0.4, -0.2) is 41.4 Å². The number of alkyl carbamates (subject to hydrolysis) is 1. The van der Waals surface area contributed by atoms with Crippen LogP contribution in [0.3, 0.4) is 0 Å². The molecule has 1 rings (SSSR count). The normalized spacial score (nSPS) is 12.4. The van der Waals surface area contributed by atoms with Crippen LogP contribution in [0.2, 0.25) is 0 Å². The number of methoxy groups -OCH3 is 1. The van der Waals surface area contributed by atoms with Crippen molar-refractivity contribution in [3.05, 3.63) is 27.9 Å². The number of aromatic nitrogens is 1. The van der Waals surface area contributed by atoms with Gasteiger partial charge in [0.25, 0.3) is 0 Å². The quantitative estimate of drug-likeness (QED) is 0.598. The molecule has 0 saturated carbocycles. The van der Waals surface area contributed by atoms with E-state index in [1.807, 2.05) is 0 Å². The van der Waals surface area contributed by atoms with Gasteiger partial charge in [-0.15, -0.1) is 0 Å². The third-order valence-corrected chi connectivity index (χ3v) is 2.67. The van der Waals surface area contributed by atoms with Crippen LogP contribution >= 0.6 is 0 Å². The van der Waals surface area contributed by atoms with Crippen molar-refractivity contribution in [2.24, 2.45) is 0 Å². The van der Waals surface area contributed by atoms with E-state index in [-0.39, 0.29) is 30.8 Å². The number of hydrogen-bond acceptors (Lipinski definition) is 7. The summed E-state index contributed by atoms with van der Waals surface area (Å²) in [6.07, 6.45) is -0.531. The number of nitrogens with one attached hydrogen (secondary N) is 1. The summed E-state index contributed by atoms with van der Waals surface area (Å²) in [5, 5.41) is 13.5. The third-order valence-electron chi connectivity index (χ3n) is 2.67. The average molecular weight is 341 g/mol. The number of pyridine rings is 1. The number of carbonyl (C=O) groups excluding carboxylic acids is 1. The van der Waals surface area contributed by atoms with Crippen LogP contribution in [0.4, 0.5) is 10.6 Å². The van der Waals surface area contributed by atoms with E-state index in [2.05, 4.69) is 10.3 Å². The van der Waals surface area contributed by atoms with Gasteiger partial charge in [-0.3, -0.25) is 0 Å². The van der Waals surface area contributed by atoms with E-state index in [0.29, 0.717) is 5.69 Å². The van der Waals surface area contributed by atoms with E-state index in [9.17, 15) is 14.9 Å². The molecule has 1 aromatic rings. The Balaban J connectivity index is 2.48. The van der Waals surface area contributed by atoms with Gasteiger partial charge in [-0.05, 0) is 49.7 Å². The minimum absolute atomic E-state index is 0.0746. The van der Waals surface area contributed by atoms with Crippen molar-refractivity contribution in [1.82, 2.24) is 10.3 Å². The number of nitro groups is 1.